The van der Waals surface area contributed by atoms with Crippen LogP contribution in [0.1, 0.15) is 0 Å². The molecule has 0 heterocycles. The van der Waals surface area contributed by atoms with E-state index < -0.39 is 13.8 Å². The lowest BCUT2D eigenvalue weighted by Gasteiger charge is -2.04. The summed E-state index contributed by atoms with van der Waals surface area (Å²) in [6, 6.07) is 13.6. The van der Waals surface area contributed by atoms with Crippen LogP contribution in [0.15, 0.2) is 64.4 Å². The van der Waals surface area contributed by atoms with E-state index in [0.29, 0.717) is 10.8 Å². The number of hydrogen-bond donors (Lipinski definition) is 0. The maximum Gasteiger partial charge on any atom is 0.283 e. The van der Waals surface area contributed by atoms with Crippen LogP contribution in [0.5, 0.6) is 0 Å². The Balaban J connectivity index is 2.39. The molecule has 5 nitrogen and oxygen atoms in total. The van der Waals surface area contributed by atoms with E-state index in [1.165, 1.54) is 30.3 Å². The van der Waals surface area contributed by atoms with Crippen LogP contribution in [0.3, 0.4) is 0 Å². The van der Waals surface area contributed by atoms with Gasteiger partial charge in [0.15, 0.2) is 0 Å². The molecule has 0 aliphatic rings. The van der Waals surface area contributed by atoms with Crippen molar-refractivity contribution in [2.24, 2.45) is 0 Å². The van der Waals surface area contributed by atoms with E-state index in [4.69, 9.17) is 0 Å². The molecule has 7 heteroatoms. The summed E-state index contributed by atoms with van der Waals surface area (Å²) in [5.74, 6) is 0. The molecule has 0 N–H and O–H groups in total. The van der Waals surface area contributed by atoms with E-state index in [2.05, 4.69) is 0 Å². The minimum absolute atomic E-state index is 0.108. The zero-order valence-corrected chi connectivity index (χ0v) is 11.2. The van der Waals surface area contributed by atoms with Crippen LogP contribution in [-0.2, 0) is 8.87 Å². The van der Waals surface area contributed by atoms with E-state index in [-0.39, 0.29) is 15.5 Å². The lowest BCUT2D eigenvalue weighted by atomic mass is 10.3. The number of nitro groups is 1. The molecule has 2 aromatic rings. The fourth-order valence-corrected chi connectivity index (χ4v) is 4.37. The Morgan fingerprint density at radius 3 is 2.16 bits per heavy atom. The zero-order chi connectivity index (χ0) is 13.9. The lowest BCUT2D eigenvalue weighted by molar-refractivity contribution is -0.387. The molecule has 0 unspecified atom stereocenters. The van der Waals surface area contributed by atoms with Gasteiger partial charge in [-0.1, -0.05) is 30.3 Å². The summed E-state index contributed by atoms with van der Waals surface area (Å²) >= 11 is 0. The van der Waals surface area contributed by atoms with Gasteiger partial charge in [-0.3, -0.25) is 10.1 Å². The first-order valence-corrected chi connectivity index (χ1v) is 8.05. The van der Waals surface area contributed by atoms with Gasteiger partial charge < -0.3 is 0 Å². The Bertz CT molecular complexity index is 699. The molecule has 0 aliphatic carbocycles. The van der Waals surface area contributed by atoms with E-state index in [0.717, 1.165) is 0 Å². The van der Waals surface area contributed by atoms with Crippen molar-refractivity contribution in [3.8, 4) is 0 Å². The third kappa shape index (κ3) is 3.12. The second-order valence-corrected chi connectivity index (χ2v) is 7.38. The van der Waals surface area contributed by atoms with Crippen LogP contribution < -0.4 is 0 Å². The van der Waals surface area contributed by atoms with Crippen molar-refractivity contribution >= 4 is 25.4 Å². The minimum Gasteiger partial charge on any atom is -0.258 e. The first-order chi connectivity index (χ1) is 9.00. The summed E-state index contributed by atoms with van der Waals surface area (Å²) in [5, 5.41) is 10.8. The third-order valence-electron chi connectivity index (χ3n) is 2.29. The van der Waals surface area contributed by atoms with E-state index in [1.54, 1.807) is 24.3 Å². The van der Waals surface area contributed by atoms with Crippen molar-refractivity contribution in [2.75, 3.05) is 0 Å². The summed E-state index contributed by atoms with van der Waals surface area (Å²) in [7, 11) is -3.17. The molecule has 0 radical (unpaired) electrons. The largest absolute Gasteiger partial charge is 0.283 e. The van der Waals surface area contributed by atoms with Gasteiger partial charge in [-0.2, -0.15) is 0 Å². The highest BCUT2D eigenvalue weighted by Gasteiger charge is 2.22. The van der Waals surface area contributed by atoms with Gasteiger partial charge in [-0.15, -0.1) is 0 Å². The minimum atomic E-state index is -3.66. The van der Waals surface area contributed by atoms with Crippen LogP contribution in [0.25, 0.3) is 0 Å². The fraction of sp³-hybridized carbons (Fsp3) is 0. The van der Waals surface area contributed by atoms with Crippen molar-refractivity contribution in [1.82, 2.24) is 0 Å². The van der Waals surface area contributed by atoms with Gasteiger partial charge in [0.1, 0.15) is 4.90 Å². The SMILES string of the molecule is O=[N+]([O-])c1ccccc1SS(=O)(=O)c1ccccc1. The fourth-order valence-electron chi connectivity index (χ4n) is 1.43. The number of benzene rings is 2. The highest BCUT2D eigenvalue weighted by atomic mass is 33.1. The lowest BCUT2D eigenvalue weighted by Crippen LogP contribution is -1.97. The van der Waals surface area contributed by atoms with Gasteiger partial charge >= 0.3 is 0 Å². The van der Waals surface area contributed by atoms with Crippen molar-refractivity contribution in [1.29, 1.82) is 0 Å². The van der Waals surface area contributed by atoms with Gasteiger partial charge in [0.2, 0.25) is 8.87 Å². The van der Waals surface area contributed by atoms with Crippen LogP contribution in [0.2, 0.25) is 0 Å². The second-order valence-electron chi connectivity index (χ2n) is 3.58. The van der Waals surface area contributed by atoms with Gasteiger partial charge in [0.25, 0.3) is 5.69 Å². The summed E-state index contributed by atoms with van der Waals surface area (Å²) in [5.41, 5.74) is -0.216. The predicted molar refractivity (Wildman–Crippen MR) is 72.6 cm³/mol. The van der Waals surface area contributed by atoms with Crippen LogP contribution in [-0.4, -0.2) is 13.3 Å². The molecule has 0 saturated heterocycles. The third-order valence-corrected chi connectivity index (χ3v) is 5.66. The van der Waals surface area contributed by atoms with Gasteiger partial charge in [0.05, 0.1) is 9.82 Å². The zero-order valence-electron chi connectivity index (χ0n) is 9.59. The van der Waals surface area contributed by atoms with Crippen LogP contribution in [0.4, 0.5) is 5.69 Å². The first-order valence-electron chi connectivity index (χ1n) is 5.24. The molecule has 98 valence electrons. The van der Waals surface area contributed by atoms with Gasteiger partial charge in [-0.25, -0.2) is 8.42 Å². The van der Waals surface area contributed by atoms with E-state index in [1.807, 2.05) is 0 Å². The average molecular weight is 295 g/mol. The molecular weight excluding hydrogens is 286 g/mol. The summed E-state index contributed by atoms with van der Waals surface area (Å²) in [4.78, 5) is 10.5. The number of nitrogens with zero attached hydrogens (tertiary/aromatic N) is 1. The Hall–Kier alpha value is -1.86. The molecule has 0 saturated carbocycles. The average Bonchev–Trinajstić information content (AvgIpc) is 2.39. The summed E-state index contributed by atoms with van der Waals surface area (Å²) in [6.07, 6.45) is 0. The number of para-hydroxylation sites is 1. The summed E-state index contributed by atoms with van der Waals surface area (Å²) in [6.45, 7) is 0. The number of hydrogen-bond acceptors (Lipinski definition) is 5. The molecule has 2 rings (SSSR count). The first kappa shape index (κ1) is 13.6. The van der Waals surface area contributed by atoms with Crippen molar-refractivity contribution in [2.45, 2.75) is 9.79 Å². The maximum absolute atomic E-state index is 12.1. The van der Waals surface area contributed by atoms with E-state index in [9.17, 15) is 18.5 Å². The van der Waals surface area contributed by atoms with Crippen molar-refractivity contribution in [3.05, 3.63) is 64.7 Å². The smallest absolute Gasteiger partial charge is 0.258 e. The molecule has 0 bridgehead atoms. The molecule has 0 spiro atoms. The van der Waals surface area contributed by atoms with Gasteiger partial charge in [0, 0.05) is 16.9 Å². The molecule has 0 amide bonds. The maximum atomic E-state index is 12.1. The second kappa shape index (κ2) is 5.41. The Morgan fingerprint density at radius 1 is 0.947 bits per heavy atom. The normalized spacial score (nSPS) is 11.2. The monoisotopic (exact) mass is 295 g/mol. The topological polar surface area (TPSA) is 77.3 Å². The Labute approximate surface area is 113 Å². The van der Waals surface area contributed by atoms with Gasteiger partial charge in [-0.05, 0) is 18.2 Å². The standard InChI is InChI=1S/C12H9NO4S2/c14-13(15)11-8-4-5-9-12(11)18-19(16,17)10-6-2-1-3-7-10/h1-9H. The molecule has 0 aromatic heterocycles. The van der Waals surface area contributed by atoms with E-state index >= 15 is 0 Å². The van der Waals surface area contributed by atoms with Crippen LogP contribution >= 0.6 is 10.8 Å². The highest BCUT2D eigenvalue weighted by molar-refractivity contribution is 8.72. The Morgan fingerprint density at radius 2 is 1.53 bits per heavy atom. The number of nitro benzene ring substituents is 1. The molecular formula is C12H9NO4S2. The quantitative estimate of drug-likeness (QED) is 0.492. The molecule has 0 atom stereocenters. The highest BCUT2D eigenvalue weighted by Crippen LogP contribution is 2.36. The van der Waals surface area contributed by atoms with Crippen molar-refractivity contribution in [3.63, 3.8) is 0 Å². The molecule has 0 fully saturated rings. The molecule has 19 heavy (non-hydrogen) atoms. The number of rotatable bonds is 4. The Kier molecular flexibility index (Phi) is 3.87. The molecule has 0 aliphatic heterocycles. The van der Waals surface area contributed by atoms with Crippen molar-refractivity contribution < 1.29 is 13.3 Å². The van der Waals surface area contributed by atoms with Crippen LogP contribution in [0, 0.1) is 10.1 Å². The molecule has 2 aromatic carbocycles. The summed E-state index contributed by atoms with van der Waals surface area (Å²) < 4.78 is 24.2. The predicted octanol–water partition coefficient (Wildman–Crippen LogP) is 3.08.